The van der Waals surface area contributed by atoms with Gasteiger partial charge in [-0.25, -0.2) is 0 Å². The molecule has 0 aliphatic carbocycles. The standard InChI is InChI=1S/C29H27ClN3O5P/c1-19-7-3-4-8-23(19)28(34)32-22-11-12-24(20(2)17-22)29(35)33-15-5-9-27(38-39(36)37-16-6-14-31)25-18-21(30)10-13-26(25)33/h3-4,7-8,10-13,17-18,27H,5-6,9,15-16H2,1-2H3/p+1. The number of amides is 2. The molecule has 0 saturated heterocycles. The molecule has 0 spiro atoms. The fourth-order valence-corrected chi connectivity index (χ4v) is 5.42. The van der Waals surface area contributed by atoms with Gasteiger partial charge in [-0.15, -0.1) is 9.05 Å². The number of benzene rings is 3. The Kier molecular flexibility index (Phi) is 9.45. The average molecular weight is 565 g/mol. The van der Waals surface area contributed by atoms with Crippen LogP contribution in [0.2, 0.25) is 5.02 Å². The fourth-order valence-electron chi connectivity index (χ4n) is 4.51. The first-order valence-corrected chi connectivity index (χ1v) is 14.0. The third kappa shape index (κ3) is 6.89. The molecule has 1 aliphatic rings. The summed E-state index contributed by atoms with van der Waals surface area (Å²) < 4.78 is 23.2. The number of nitrogens with zero attached hydrogens (tertiary/aromatic N) is 2. The van der Waals surface area contributed by atoms with Gasteiger partial charge in [0.15, 0.2) is 0 Å². The van der Waals surface area contributed by atoms with Crippen molar-refractivity contribution < 1.29 is 23.2 Å². The third-order valence-corrected chi connectivity index (χ3v) is 7.50. The van der Waals surface area contributed by atoms with Crippen molar-refractivity contribution in [1.82, 2.24) is 0 Å². The highest BCUT2D eigenvalue weighted by molar-refractivity contribution is 7.33. The van der Waals surface area contributed by atoms with E-state index in [2.05, 4.69) is 5.32 Å². The van der Waals surface area contributed by atoms with E-state index in [4.69, 9.17) is 25.9 Å². The van der Waals surface area contributed by atoms with E-state index in [1.165, 1.54) is 0 Å². The lowest BCUT2D eigenvalue weighted by Crippen LogP contribution is -2.32. The van der Waals surface area contributed by atoms with Crippen LogP contribution < -0.4 is 10.2 Å². The number of nitriles is 1. The van der Waals surface area contributed by atoms with Gasteiger partial charge in [0, 0.05) is 38.5 Å². The predicted octanol–water partition coefficient (Wildman–Crippen LogP) is 7.30. The van der Waals surface area contributed by atoms with Crippen LogP contribution in [0.5, 0.6) is 0 Å². The van der Waals surface area contributed by atoms with Gasteiger partial charge in [-0.2, -0.15) is 5.26 Å². The van der Waals surface area contributed by atoms with Gasteiger partial charge in [0.25, 0.3) is 11.8 Å². The molecule has 2 atom stereocenters. The van der Waals surface area contributed by atoms with E-state index in [0.29, 0.717) is 58.0 Å². The predicted molar refractivity (Wildman–Crippen MR) is 150 cm³/mol. The SMILES string of the molecule is Cc1ccccc1C(=O)Nc1ccc(C(=O)N2CCCC(O[P+](=O)OCCC#N)c3cc(Cl)ccc32)c(C)c1. The van der Waals surface area contributed by atoms with Crippen LogP contribution in [0.1, 0.15) is 62.8 Å². The largest absolute Gasteiger partial charge is 0.698 e. The highest BCUT2D eigenvalue weighted by Crippen LogP contribution is 2.43. The Morgan fingerprint density at radius 2 is 1.90 bits per heavy atom. The van der Waals surface area contributed by atoms with E-state index >= 15 is 0 Å². The number of halogens is 1. The molecule has 10 heteroatoms. The molecule has 0 bridgehead atoms. The van der Waals surface area contributed by atoms with Crippen molar-refractivity contribution >= 4 is 43.0 Å². The van der Waals surface area contributed by atoms with Gasteiger partial charge in [-0.3, -0.25) is 9.59 Å². The van der Waals surface area contributed by atoms with Crippen molar-refractivity contribution in [2.45, 2.75) is 39.2 Å². The number of anilines is 2. The zero-order valence-electron chi connectivity index (χ0n) is 21.6. The quantitative estimate of drug-likeness (QED) is 0.227. The van der Waals surface area contributed by atoms with Gasteiger partial charge in [-0.1, -0.05) is 29.8 Å². The minimum absolute atomic E-state index is 0.00607. The number of carbonyl (C=O) groups excluding carboxylic acids is 2. The molecule has 2 unspecified atom stereocenters. The van der Waals surface area contributed by atoms with Crippen LogP contribution in [-0.4, -0.2) is 25.0 Å². The molecule has 8 nitrogen and oxygen atoms in total. The van der Waals surface area contributed by atoms with Crippen LogP contribution >= 0.6 is 19.9 Å². The van der Waals surface area contributed by atoms with Crippen molar-refractivity contribution in [2.75, 3.05) is 23.4 Å². The lowest BCUT2D eigenvalue weighted by molar-refractivity contribution is 0.0985. The van der Waals surface area contributed by atoms with E-state index in [9.17, 15) is 14.2 Å². The molecular formula is C29H28ClN3O5P+. The topological polar surface area (TPSA) is 109 Å². The smallest absolute Gasteiger partial charge is 0.322 e. The summed E-state index contributed by atoms with van der Waals surface area (Å²) in [6, 6.07) is 19.6. The molecule has 1 heterocycles. The number of hydrogen-bond acceptors (Lipinski definition) is 6. The molecule has 4 rings (SSSR count). The summed E-state index contributed by atoms with van der Waals surface area (Å²) in [7, 11) is -2.45. The molecule has 0 saturated carbocycles. The first-order valence-electron chi connectivity index (χ1n) is 12.5. The molecule has 3 aromatic carbocycles. The van der Waals surface area contributed by atoms with Gasteiger partial charge in [0.05, 0.1) is 18.2 Å². The second kappa shape index (κ2) is 13.0. The molecule has 0 fully saturated rings. The van der Waals surface area contributed by atoms with Crippen LogP contribution in [0.15, 0.2) is 60.7 Å². The molecule has 3 aromatic rings. The van der Waals surface area contributed by atoms with E-state index in [-0.39, 0.29) is 24.8 Å². The monoisotopic (exact) mass is 564 g/mol. The van der Waals surface area contributed by atoms with Crippen molar-refractivity contribution in [3.05, 3.63) is 93.5 Å². The lowest BCUT2D eigenvalue weighted by Gasteiger charge is -2.24. The second-order valence-corrected chi connectivity index (χ2v) is 10.5. The van der Waals surface area contributed by atoms with Gasteiger partial charge in [0.1, 0.15) is 12.7 Å². The second-order valence-electron chi connectivity index (χ2n) is 9.16. The van der Waals surface area contributed by atoms with Crippen LogP contribution in [0.25, 0.3) is 0 Å². The minimum atomic E-state index is -2.45. The van der Waals surface area contributed by atoms with E-state index in [1.807, 2.05) is 38.1 Å². The zero-order valence-corrected chi connectivity index (χ0v) is 23.3. The number of rotatable bonds is 8. The van der Waals surface area contributed by atoms with Crippen LogP contribution in [0, 0.1) is 25.2 Å². The molecule has 1 aliphatic heterocycles. The lowest BCUT2D eigenvalue weighted by atomic mass is 10.0. The minimum Gasteiger partial charge on any atom is -0.322 e. The first-order chi connectivity index (χ1) is 18.8. The maximum atomic E-state index is 13.8. The number of fused-ring (bicyclic) bond motifs is 1. The maximum Gasteiger partial charge on any atom is 0.698 e. The Hall–Kier alpha value is -3.60. The molecule has 2 amide bonds. The fraction of sp³-hybridized carbons (Fsp3) is 0.276. The Bertz CT molecular complexity index is 1460. The summed E-state index contributed by atoms with van der Waals surface area (Å²) >= 11 is 6.28. The van der Waals surface area contributed by atoms with Crippen LogP contribution in [-0.2, 0) is 13.6 Å². The molecule has 1 N–H and O–H groups in total. The van der Waals surface area contributed by atoms with Crippen molar-refractivity contribution in [1.29, 1.82) is 5.26 Å². The van der Waals surface area contributed by atoms with E-state index in [0.717, 1.165) is 5.56 Å². The summed E-state index contributed by atoms with van der Waals surface area (Å²) in [6.45, 7) is 4.13. The molecule has 39 heavy (non-hydrogen) atoms. The van der Waals surface area contributed by atoms with Gasteiger partial charge in [-0.05, 0) is 80.3 Å². The Balaban J connectivity index is 1.55. The highest BCUT2D eigenvalue weighted by atomic mass is 35.5. The van der Waals surface area contributed by atoms with Crippen LogP contribution in [0.3, 0.4) is 0 Å². The maximum absolute atomic E-state index is 13.8. The zero-order chi connectivity index (χ0) is 27.9. The summed E-state index contributed by atoms with van der Waals surface area (Å²) in [5.41, 5.74) is 4.51. The average Bonchev–Trinajstić information content (AvgIpc) is 3.08. The van der Waals surface area contributed by atoms with Crippen molar-refractivity contribution in [3.63, 3.8) is 0 Å². The number of hydrogen-bond donors (Lipinski definition) is 1. The number of nitrogens with one attached hydrogen (secondary N) is 1. The summed E-state index contributed by atoms with van der Waals surface area (Å²) in [5.74, 6) is -0.422. The van der Waals surface area contributed by atoms with E-state index in [1.54, 1.807) is 47.4 Å². The summed E-state index contributed by atoms with van der Waals surface area (Å²) in [5, 5.41) is 12.0. The van der Waals surface area contributed by atoms with Crippen LogP contribution in [0.4, 0.5) is 11.4 Å². The summed E-state index contributed by atoms with van der Waals surface area (Å²) in [4.78, 5) is 28.2. The Morgan fingerprint density at radius 1 is 1.10 bits per heavy atom. The normalized spacial score (nSPS) is 15.1. The van der Waals surface area contributed by atoms with E-state index < -0.39 is 14.4 Å². The van der Waals surface area contributed by atoms with Gasteiger partial charge < -0.3 is 10.2 Å². The number of carbonyl (C=O) groups is 2. The van der Waals surface area contributed by atoms with Gasteiger partial charge >= 0.3 is 8.25 Å². The first kappa shape index (κ1) is 28.4. The number of aryl methyl sites for hydroxylation is 2. The summed E-state index contributed by atoms with van der Waals surface area (Å²) in [6.07, 6.45) is 0.603. The molecular weight excluding hydrogens is 537 g/mol. The third-order valence-electron chi connectivity index (χ3n) is 6.45. The Labute approximate surface area is 233 Å². The highest BCUT2D eigenvalue weighted by Gasteiger charge is 2.35. The molecule has 0 radical (unpaired) electrons. The van der Waals surface area contributed by atoms with Gasteiger partial charge in [0.2, 0.25) is 0 Å². The Morgan fingerprint density at radius 3 is 2.64 bits per heavy atom. The van der Waals surface area contributed by atoms with Crippen molar-refractivity contribution in [2.24, 2.45) is 0 Å². The molecule has 200 valence electrons. The van der Waals surface area contributed by atoms with Crippen molar-refractivity contribution in [3.8, 4) is 6.07 Å². The molecule has 0 aromatic heterocycles.